The summed E-state index contributed by atoms with van der Waals surface area (Å²) in [5, 5.41) is 14.1. The van der Waals surface area contributed by atoms with E-state index in [4.69, 9.17) is 0 Å². The third kappa shape index (κ3) is 4.18. The number of rotatable bonds is 5. The topological polar surface area (TPSA) is 54.9 Å². The molecule has 1 amide bonds. The van der Waals surface area contributed by atoms with Gasteiger partial charge in [-0.3, -0.25) is 10.1 Å². The summed E-state index contributed by atoms with van der Waals surface area (Å²) in [6.45, 7) is 1.96. The number of anilines is 1. The lowest BCUT2D eigenvalue weighted by atomic mass is 10.1. The van der Waals surface area contributed by atoms with E-state index in [1.807, 2.05) is 31.2 Å². The van der Waals surface area contributed by atoms with E-state index in [0.717, 1.165) is 15.7 Å². The Morgan fingerprint density at radius 1 is 1.04 bits per heavy atom. The first-order valence-corrected chi connectivity index (χ1v) is 10.3. The van der Waals surface area contributed by atoms with Crippen LogP contribution in [0, 0.1) is 6.92 Å². The van der Waals surface area contributed by atoms with Crippen LogP contribution in [-0.2, 0) is 5.75 Å². The molecule has 4 nitrogen and oxygen atoms in total. The first-order chi connectivity index (χ1) is 13.2. The van der Waals surface area contributed by atoms with Gasteiger partial charge in [-0.2, -0.15) is 0 Å². The van der Waals surface area contributed by atoms with E-state index in [-0.39, 0.29) is 5.91 Å². The van der Waals surface area contributed by atoms with Crippen molar-refractivity contribution in [2.75, 3.05) is 5.32 Å². The van der Waals surface area contributed by atoms with Gasteiger partial charge >= 0.3 is 0 Å². The number of amides is 1. The second kappa shape index (κ2) is 7.90. The third-order valence-electron chi connectivity index (χ3n) is 4.14. The van der Waals surface area contributed by atoms with Crippen LogP contribution in [0.25, 0.3) is 10.8 Å². The number of fused-ring (bicyclic) bond motifs is 1. The Labute approximate surface area is 165 Å². The summed E-state index contributed by atoms with van der Waals surface area (Å²) in [7, 11) is 0. The Bertz CT molecular complexity index is 1100. The maximum absolute atomic E-state index is 12.3. The maximum Gasteiger partial charge on any atom is 0.257 e. The number of carbonyl (C=O) groups excluding carboxylic acids is 1. The zero-order chi connectivity index (χ0) is 18.6. The van der Waals surface area contributed by atoms with E-state index in [1.54, 1.807) is 17.8 Å². The van der Waals surface area contributed by atoms with Gasteiger partial charge in [-0.1, -0.05) is 83.3 Å². The second-order valence-electron chi connectivity index (χ2n) is 6.12. The molecule has 0 saturated heterocycles. The van der Waals surface area contributed by atoms with Crippen LogP contribution in [0.1, 0.15) is 21.5 Å². The van der Waals surface area contributed by atoms with Crippen molar-refractivity contribution in [1.29, 1.82) is 0 Å². The van der Waals surface area contributed by atoms with Gasteiger partial charge in [0.1, 0.15) is 0 Å². The first kappa shape index (κ1) is 17.7. The zero-order valence-electron chi connectivity index (χ0n) is 14.7. The van der Waals surface area contributed by atoms with Gasteiger partial charge in [0.25, 0.3) is 5.91 Å². The molecule has 0 atom stereocenters. The van der Waals surface area contributed by atoms with Crippen molar-refractivity contribution in [1.82, 2.24) is 10.2 Å². The molecule has 0 aliphatic carbocycles. The maximum atomic E-state index is 12.3. The van der Waals surface area contributed by atoms with E-state index in [1.165, 1.54) is 27.7 Å². The van der Waals surface area contributed by atoms with Crippen LogP contribution in [0.3, 0.4) is 0 Å². The van der Waals surface area contributed by atoms with E-state index >= 15 is 0 Å². The molecule has 6 heteroatoms. The molecule has 1 aromatic heterocycles. The predicted molar refractivity (Wildman–Crippen MR) is 113 cm³/mol. The van der Waals surface area contributed by atoms with Gasteiger partial charge < -0.3 is 0 Å². The molecule has 0 spiro atoms. The van der Waals surface area contributed by atoms with E-state index in [2.05, 4.69) is 51.9 Å². The number of carbonyl (C=O) groups is 1. The van der Waals surface area contributed by atoms with Crippen molar-refractivity contribution in [2.45, 2.75) is 17.0 Å². The fourth-order valence-corrected chi connectivity index (χ4v) is 4.58. The summed E-state index contributed by atoms with van der Waals surface area (Å²) in [5.74, 6) is 0.641. The molecule has 0 aliphatic heterocycles. The van der Waals surface area contributed by atoms with Crippen molar-refractivity contribution < 1.29 is 4.79 Å². The van der Waals surface area contributed by atoms with Crippen LogP contribution < -0.4 is 5.32 Å². The van der Waals surface area contributed by atoms with E-state index < -0.39 is 0 Å². The van der Waals surface area contributed by atoms with Gasteiger partial charge in [0.2, 0.25) is 5.13 Å². The van der Waals surface area contributed by atoms with Crippen LogP contribution in [0.5, 0.6) is 0 Å². The van der Waals surface area contributed by atoms with Gasteiger partial charge in [0, 0.05) is 11.3 Å². The number of benzene rings is 3. The number of thioether (sulfide) groups is 1. The summed E-state index contributed by atoms with van der Waals surface area (Å²) in [6, 6.07) is 22.2. The molecule has 0 fully saturated rings. The molecule has 4 aromatic rings. The van der Waals surface area contributed by atoms with Crippen molar-refractivity contribution in [3.63, 3.8) is 0 Å². The third-order valence-corrected chi connectivity index (χ3v) is 6.16. The minimum absolute atomic E-state index is 0.166. The molecule has 1 N–H and O–H groups in total. The zero-order valence-corrected chi connectivity index (χ0v) is 16.3. The molecular weight excluding hydrogens is 374 g/mol. The molecule has 0 radical (unpaired) electrons. The lowest BCUT2D eigenvalue weighted by Crippen LogP contribution is -2.11. The highest BCUT2D eigenvalue weighted by Crippen LogP contribution is 2.30. The number of nitrogens with zero attached hydrogens (tertiary/aromatic N) is 2. The molecule has 1 heterocycles. The van der Waals surface area contributed by atoms with Crippen molar-refractivity contribution in [2.24, 2.45) is 0 Å². The molecule has 0 unspecified atom stereocenters. The largest absolute Gasteiger partial charge is 0.296 e. The van der Waals surface area contributed by atoms with E-state index in [9.17, 15) is 4.79 Å². The molecule has 3 aromatic carbocycles. The Morgan fingerprint density at radius 3 is 2.74 bits per heavy atom. The van der Waals surface area contributed by atoms with Crippen molar-refractivity contribution >= 4 is 44.9 Å². The molecule has 0 aliphatic rings. The van der Waals surface area contributed by atoms with Crippen molar-refractivity contribution in [3.05, 3.63) is 83.4 Å². The molecule has 134 valence electrons. The van der Waals surface area contributed by atoms with Crippen LogP contribution in [0.15, 0.2) is 71.1 Å². The molecule has 27 heavy (non-hydrogen) atoms. The summed E-state index contributed by atoms with van der Waals surface area (Å²) in [5.41, 5.74) is 2.93. The highest BCUT2D eigenvalue weighted by Gasteiger charge is 2.11. The highest BCUT2D eigenvalue weighted by atomic mass is 32.2. The number of aryl methyl sites for hydroxylation is 1. The lowest BCUT2D eigenvalue weighted by molar-refractivity contribution is 0.102. The second-order valence-corrected chi connectivity index (χ2v) is 8.32. The number of hydrogen-bond acceptors (Lipinski definition) is 5. The molecule has 0 saturated carbocycles. The number of aromatic nitrogens is 2. The Kier molecular flexibility index (Phi) is 5.18. The highest BCUT2D eigenvalue weighted by molar-refractivity contribution is 8.00. The molecule has 0 bridgehead atoms. The van der Waals surface area contributed by atoms with Gasteiger partial charge in [-0.25, -0.2) is 0 Å². The summed E-state index contributed by atoms with van der Waals surface area (Å²) in [4.78, 5) is 12.3. The van der Waals surface area contributed by atoms with Crippen LogP contribution >= 0.6 is 23.1 Å². The number of hydrogen-bond donors (Lipinski definition) is 1. The summed E-state index contributed by atoms with van der Waals surface area (Å²) < 4.78 is 0.836. The summed E-state index contributed by atoms with van der Waals surface area (Å²) >= 11 is 3.02. The Morgan fingerprint density at radius 2 is 1.85 bits per heavy atom. The Hall–Kier alpha value is -2.70. The van der Waals surface area contributed by atoms with Gasteiger partial charge in [-0.05, 0) is 35.4 Å². The van der Waals surface area contributed by atoms with Crippen LogP contribution in [0.2, 0.25) is 0 Å². The summed E-state index contributed by atoms with van der Waals surface area (Å²) in [6.07, 6.45) is 0. The number of nitrogens with one attached hydrogen (secondary N) is 1. The quantitative estimate of drug-likeness (QED) is 0.358. The van der Waals surface area contributed by atoms with Crippen LogP contribution in [0.4, 0.5) is 5.13 Å². The normalized spacial score (nSPS) is 10.9. The van der Waals surface area contributed by atoms with Gasteiger partial charge in [0.05, 0.1) is 0 Å². The average molecular weight is 392 g/mol. The molecule has 4 rings (SSSR count). The van der Waals surface area contributed by atoms with E-state index in [0.29, 0.717) is 10.7 Å². The van der Waals surface area contributed by atoms with Gasteiger partial charge in [-0.15, -0.1) is 10.2 Å². The van der Waals surface area contributed by atoms with Crippen LogP contribution in [-0.4, -0.2) is 16.1 Å². The smallest absolute Gasteiger partial charge is 0.257 e. The van der Waals surface area contributed by atoms with Crippen molar-refractivity contribution in [3.8, 4) is 0 Å². The minimum atomic E-state index is -0.166. The fraction of sp³-hybridized carbons (Fsp3) is 0.0952. The Balaban J connectivity index is 1.43. The monoisotopic (exact) mass is 391 g/mol. The first-order valence-electron chi connectivity index (χ1n) is 8.50. The molecular formula is C21H17N3OS2. The predicted octanol–water partition coefficient (Wildman–Crippen LogP) is 5.54. The SMILES string of the molecule is Cc1cccc(C(=O)Nc2nnc(SCc3cccc4ccccc34)s2)c1. The fourth-order valence-electron chi connectivity index (χ4n) is 2.83. The standard InChI is InChI=1S/C21H17N3OS2/c1-14-6-4-9-16(12-14)19(25)22-20-23-24-21(27-20)26-13-17-10-5-8-15-7-2-3-11-18(15)17/h2-12H,13H2,1H3,(H,22,23,25). The van der Waals surface area contributed by atoms with Gasteiger partial charge in [0.15, 0.2) is 4.34 Å². The lowest BCUT2D eigenvalue weighted by Gasteiger charge is -2.04. The average Bonchev–Trinajstić information content (AvgIpc) is 3.13. The minimum Gasteiger partial charge on any atom is -0.296 e.